The van der Waals surface area contributed by atoms with Crippen LogP contribution in [0, 0.1) is 0 Å². The smallest absolute Gasteiger partial charge is 0.257 e. The van der Waals surface area contributed by atoms with Crippen LogP contribution in [0.3, 0.4) is 0 Å². The number of nitrogens with zero attached hydrogens (tertiary/aromatic N) is 1. The Labute approximate surface area is 189 Å². The fourth-order valence-corrected chi connectivity index (χ4v) is 3.72. The minimum Gasteiger partial charge on any atom is -0.495 e. The maximum atomic E-state index is 12.8. The lowest BCUT2D eigenvalue weighted by Gasteiger charge is -2.12. The first-order chi connectivity index (χ1) is 14.9. The maximum absolute atomic E-state index is 12.8. The average Bonchev–Trinajstić information content (AvgIpc) is 3.17. The molecule has 4 aromatic rings. The molecule has 5 nitrogen and oxygen atoms in total. The molecule has 0 aliphatic rings. The van der Waals surface area contributed by atoms with Gasteiger partial charge in [-0.1, -0.05) is 43.1 Å². The van der Waals surface area contributed by atoms with Gasteiger partial charge in [0.1, 0.15) is 11.3 Å². The normalized spacial score (nSPS) is 11.2. The summed E-state index contributed by atoms with van der Waals surface area (Å²) in [5.41, 5.74) is 4.17. The van der Waals surface area contributed by atoms with E-state index >= 15 is 0 Å². The molecule has 3 aromatic carbocycles. The quantitative estimate of drug-likeness (QED) is 0.346. The van der Waals surface area contributed by atoms with Gasteiger partial charge in [-0.05, 0) is 60.0 Å². The molecule has 0 radical (unpaired) electrons. The Bertz CT molecular complexity index is 1280. The predicted octanol–water partition coefficient (Wildman–Crippen LogP) is 7.19. The van der Waals surface area contributed by atoms with Crippen LogP contribution in [0.5, 0.6) is 5.75 Å². The van der Waals surface area contributed by atoms with Crippen LogP contribution >= 0.6 is 23.2 Å². The van der Waals surface area contributed by atoms with Crippen LogP contribution in [0.4, 0.5) is 5.69 Å². The highest BCUT2D eigenvalue weighted by Crippen LogP contribution is 2.33. The molecule has 0 spiro atoms. The highest BCUT2D eigenvalue weighted by molar-refractivity contribution is 6.37. The molecule has 1 amide bonds. The van der Waals surface area contributed by atoms with Crippen molar-refractivity contribution >= 4 is 45.9 Å². The highest BCUT2D eigenvalue weighted by Gasteiger charge is 2.16. The number of oxazole rings is 1. The Hall–Kier alpha value is -3.02. The third kappa shape index (κ3) is 4.38. The number of anilines is 1. The largest absolute Gasteiger partial charge is 0.495 e. The summed E-state index contributed by atoms with van der Waals surface area (Å²) in [6, 6.07) is 16.0. The van der Waals surface area contributed by atoms with E-state index < -0.39 is 0 Å². The molecular formula is C24H20Cl2N2O3. The van der Waals surface area contributed by atoms with E-state index in [-0.39, 0.29) is 10.9 Å². The molecule has 0 saturated heterocycles. The number of carbonyl (C=O) groups is 1. The van der Waals surface area contributed by atoms with Crippen molar-refractivity contribution in [3.05, 3.63) is 75.8 Å². The summed E-state index contributed by atoms with van der Waals surface area (Å²) in [5, 5.41) is 3.57. The van der Waals surface area contributed by atoms with Gasteiger partial charge in [0.2, 0.25) is 5.89 Å². The Balaban J connectivity index is 1.69. The molecule has 0 saturated carbocycles. The van der Waals surface area contributed by atoms with E-state index in [1.54, 1.807) is 24.3 Å². The van der Waals surface area contributed by atoms with Crippen LogP contribution in [0.15, 0.2) is 59.0 Å². The summed E-state index contributed by atoms with van der Waals surface area (Å²) in [6.07, 6.45) is 0. The minimum absolute atomic E-state index is 0.264. The molecule has 0 bridgehead atoms. The fraction of sp³-hybridized carbons (Fsp3) is 0.167. The molecule has 0 aliphatic carbocycles. The number of rotatable bonds is 5. The molecule has 0 aliphatic heterocycles. The number of nitrogens with one attached hydrogen (secondary N) is 1. The van der Waals surface area contributed by atoms with Crippen molar-refractivity contribution in [1.82, 2.24) is 4.98 Å². The molecule has 4 rings (SSSR count). The van der Waals surface area contributed by atoms with E-state index in [0.717, 1.165) is 5.52 Å². The molecule has 0 atom stereocenters. The number of carbonyl (C=O) groups excluding carboxylic acids is 1. The summed E-state index contributed by atoms with van der Waals surface area (Å²) >= 11 is 12.1. The van der Waals surface area contributed by atoms with Crippen molar-refractivity contribution in [1.29, 1.82) is 0 Å². The number of aromatic nitrogens is 1. The molecule has 0 unspecified atom stereocenters. The van der Waals surface area contributed by atoms with E-state index in [1.165, 1.54) is 18.7 Å². The van der Waals surface area contributed by atoms with Crippen molar-refractivity contribution in [3.63, 3.8) is 0 Å². The fourth-order valence-electron chi connectivity index (χ4n) is 3.23. The second-order valence-electron chi connectivity index (χ2n) is 7.39. The monoisotopic (exact) mass is 454 g/mol. The van der Waals surface area contributed by atoms with E-state index in [2.05, 4.69) is 24.1 Å². The Kier molecular flexibility index (Phi) is 5.90. The van der Waals surface area contributed by atoms with Crippen molar-refractivity contribution in [2.45, 2.75) is 19.8 Å². The summed E-state index contributed by atoms with van der Waals surface area (Å²) in [6.45, 7) is 4.26. The molecule has 0 fully saturated rings. The third-order valence-corrected chi connectivity index (χ3v) is 5.50. The first-order valence-electron chi connectivity index (χ1n) is 9.71. The van der Waals surface area contributed by atoms with Gasteiger partial charge in [-0.2, -0.15) is 0 Å². The topological polar surface area (TPSA) is 64.4 Å². The maximum Gasteiger partial charge on any atom is 0.257 e. The lowest BCUT2D eigenvalue weighted by atomic mass is 10.0. The van der Waals surface area contributed by atoms with Gasteiger partial charge < -0.3 is 14.5 Å². The Morgan fingerprint density at radius 1 is 1.06 bits per heavy atom. The number of benzene rings is 3. The SMILES string of the molecule is COc1ccc(-c2nc3cc(C(C)C)ccc3o2)cc1NC(=O)c1ccc(Cl)cc1Cl. The first-order valence-corrected chi connectivity index (χ1v) is 10.5. The number of halogens is 2. The average molecular weight is 455 g/mol. The number of hydrogen-bond acceptors (Lipinski definition) is 4. The van der Waals surface area contributed by atoms with Gasteiger partial charge in [-0.25, -0.2) is 4.98 Å². The summed E-state index contributed by atoms with van der Waals surface area (Å²) in [7, 11) is 1.53. The first kappa shape index (κ1) is 21.2. The van der Waals surface area contributed by atoms with Crippen LogP contribution in [0.25, 0.3) is 22.6 Å². The molecule has 31 heavy (non-hydrogen) atoms. The predicted molar refractivity (Wildman–Crippen MR) is 125 cm³/mol. The number of ether oxygens (including phenoxy) is 1. The van der Waals surface area contributed by atoms with Gasteiger partial charge in [0.05, 0.1) is 23.4 Å². The van der Waals surface area contributed by atoms with Gasteiger partial charge in [0.25, 0.3) is 5.91 Å². The molecular weight excluding hydrogens is 435 g/mol. The van der Waals surface area contributed by atoms with Gasteiger partial charge in [-0.3, -0.25) is 4.79 Å². The Morgan fingerprint density at radius 3 is 2.58 bits per heavy atom. The molecule has 1 N–H and O–H groups in total. The number of methoxy groups -OCH3 is 1. The second-order valence-corrected chi connectivity index (χ2v) is 8.24. The lowest BCUT2D eigenvalue weighted by Crippen LogP contribution is -2.13. The van der Waals surface area contributed by atoms with Crippen LogP contribution in [-0.2, 0) is 0 Å². The van der Waals surface area contributed by atoms with Crippen LogP contribution in [0.1, 0.15) is 35.7 Å². The molecule has 158 valence electrons. The van der Waals surface area contributed by atoms with Crippen LogP contribution < -0.4 is 10.1 Å². The third-order valence-electron chi connectivity index (χ3n) is 4.95. The summed E-state index contributed by atoms with van der Waals surface area (Å²) < 4.78 is 11.3. The second kappa shape index (κ2) is 8.61. The molecule has 1 heterocycles. The van der Waals surface area contributed by atoms with Crippen molar-refractivity contribution < 1.29 is 13.9 Å². The lowest BCUT2D eigenvalue weighted by molar-refractivity contribution is 0.102. The van der Waals surface area contributed by atoms with Crippen molar-refractivity contribution in [2.75, 3.05) is 12.4 Å². The van der Waals surface area contributed by atoms with Crippen LogP contribution in [0.2, 0.25) is 10.0 Å². The number of hydrogen-bond donors (Lipinski definition) is 1. The van der Waals surface area contributed by atoms with Gasteiger partial charge >= 0.3 is 0 Å². The summed E-state index contributed by atoms with van der Waals surface area (Å²) in [4.78, 5) is 17.4. The van der Waals surface area contributed by atoms with Crippen molar-refractivity contribution in [2.24, 2.45) is 0 Å². The van der Waals surface area contributed by atoms with Gasteiger partial charge in [-0.15, -0.1) is 0 Å². The number of fused-ring (bicyclic) bond motifs is 1. The minimum atomic E-state index is -0.378. The Morgan fingerprint density at radius 2 is 1.87 bits per heavy atom. The van der Waals surface area contributed by atoms with E-state index in [4.69, 9.17) is 32.4 Å². The summed E-state index contributed by atoms with van der Waals surface area (Å²) in [5.74, 6) is 0.974. The molecule has 7 heteroatoms. The molecule has 1 aromatic heterocycles. The number of amides is 1. The van der Waals surface area contributed by atoms with Gasteiger partial charge in [0.15, 0.2) is 5.58 Å². The van der Waals surface area contributed by atoms with Gasteiger partial charge in [0, 0.05) is 10.6 Å². The highest BCUT2D eigenvalue weighted by atomic mass is 35.5. The van der Waals surface area contributed by atoms with Crippen molar-refractivity contribution in [3.8, 4) is 17.2 Å². The van der Waals surface area contributed by atoms with Crippen LogP contribution in [-0.4, -0.2) is 18.0 Å². The zero-order valence-corrected chi connectivity index (χ0v) is 18.7. The zero-order chi connectivity index (χ0) is 22.1. The zero-order valence-electron chi connectivity index (χ0n) is 17.2. The van der Waals surface area contributed by atoms with E-state index in [0.29, 0.717) is 45.0 Å². The van der Waals surface area contributed by atoms with E-state index in [1.807, 2.05) is 24.3 Å². The standard InChI is InChI=1S/C24H20Cl2N2O3/c1-13(2)14-4-9-22-20(10-14)28-24(31-22)15-5-8-21(30-3)19(11-15)27-23(29)17-7-6-16(25)12-18(17)26/h4-13H,1-3H3,(H,27,29). The van der Waals surface area contributed by atoms with E-state index in [9.17, 15) is 4.79 Å².